The van der Waals surface area contributed by atoms with Crippen LogP contribution >= 0.6 is 0 Å². The van der Waals surface area contributed by atoms with Crippen molar-refractivity contribution in [3.05, 3.63) is 64.7 Å². The van der Waals surface area contributed by atoms with Crippen LogP contribution in [0.1, 0.15) is 63.8 Å². The van der Waals surface area contributed by atoms with E-state index in [1.54, 1.807) is 0 Å². The van der Waals surface area contributed by atoms with Crippen molar-refractivity contribution in [3.8, 4) is 12.1 Å². The molecule has 0 aliphatic rings. The molecule has 0 saturated carbocycles. The second-order valence-electron chi connectivity index (χ2n) is 10.6. The third kappa shape index (κ3) is 2.57. The summed E-state index contributed by atoms with van der Waals surface area (Å²) < 4.78 is 2.28. The summed E-state index contributed by atoms with van der Waals surface area (Å²) in [5, 5.41) is 24.3. The van der Waals surface area contributed by atoms with Gasteiger partial charge in [0.1, 0.15) is 0 Å². The zero-order chi connectivity index (χ0) is 22.3. The second-order valence-corrected chi connectivity index (χ2v) is 10.6. The molecule has 3 aromatic carbocycles. The van der Waals surface area contributed by atoms with E-state index in [2.05, 4.69) is 76.3 Å². The van der Waals surface area contributed by atoms with Gasteiger partial charge >= 0.3 is 0 Å². The fraction of sp³-hybridized carbons (Fsp3) is 0.286. The fourth-order valence-electron chi connectivity index (χ4n) is 5.04. The molecular weight excluding hydrogens is 378 g/mol. The maximum absolute atomic E-state index is 9.76. The number of fused-ring (bicyclic) bond motifs is 6. The minimum Gasteiger partial charge on any atom is -0.308 e. The summed E-state index contributed by atoms with van der Waals surface area (Å²) in [6, 6.07) is 19.3. The van der Waals surface area contributed by atoms with Crippen LogP contribution in [0.5, 0.6) is 0 Å². The van der Waals surface area contributed by atoms with Crippen molar-refractivity contribution >= 4 is 38.1 Å². The lowest BCUT2D eigenvalue weighted by Crippen LogP contribution is -2.12. The van der Waals surface area contributed by atoms with Gasteiger partial charge in [-0.05, 0) is 46.2 Å². The molecule has 0 radical (unpaired) electrons. The van der Waals surface area contributed by atoms with Crippen LogP contribution in [0.25, 0.3) is 38.1 Å². The van der Waals surface area contributed by atoms with E-state index in [9.17, 15) is 10.5 Å². The molecule has 0 atom stereocenters. The van der Waals surface area contributed by atoms with Crippen LogP contribution in [0.2, 0.25) is 0 Å². The van der Waals surface area contributed by atoms with E-state index in [-0.39, 0.29) is 10.8 Å². The Labute approximate surface area is 182 Å². The largest absolute Gasteiger partial charge is 0.308 e. The topological polar surface area (TPSA) is 52.0 Å². The first-order chi connectivity index (χ1) is 14.6. The summed E-state index contributed by atoms with van der Waals surface area (Å²) in [6.07, 6.45) is 0. The van der Waals surface area contributed by atoms with Gasteiger partial charge in [0.25, 0.3) is 0 Å². The summed E-state index contributed by atoms with van der Waals surface area (Å²) in [4.78, 5) is 0. The number of nitrogens with zero attached hydrogens (tertiary/aromatic N) is 3. The number of hydrogen-bond acceptors (Lipinski definition) is 2. The molecule has 152 valence electrons. The third-order valence-electron chi connectivity index (χ3n) is 6.39. The molecule has 3 heteroatoms. The van der Waals surface area contributed by atoms with Crippen molar-refractivity contribution in [2.24, 2.45) is 0 Å². The van der Waals surface area contributed by atoms with Crippen molar-refractivity contribution in [2.75, 3.05) is 0 Å². The number of para-hydroxylation sites is 1. The number of hydrogen-bond donors (Lipinski definition) is 0. The zero-order valence-electron chi connectivity index (χ0n) is 18.9. The number of benzene rings is 3. The van der Waals surface area contributed by atoms with Crippen LogP contribution in [0, 0.1) is 22.7 Å². The molecule has 31 heavy (non-hydrogen) atoms. The molecule has 0 amide bonds. The van der Waals surface area contributed by atoms with Crippen molar-refractivity contribution in [1.82, 2.24) is 4.40 Å². The predicted molar refractivity (Wildman–Crippen MR) is 128 cm³/mol. The van der Waals surface area contributed by atoms with Crippen molar-refractivity contribution in [2.45, 2.75) is 52.4 Å². The first kappa shape index (κ1) is 19.4. The van der Waals surface area contributed by atoms with Crippen molar-refractivity contribution in [1.29, 1.82) is 10.5 Å². The molecule has 0 aliphatic carbocycles. The van der Waals surface area contributed by atoms with E-state index < -0.39 is 0 Å². The minimum atomic E-state index is -0.104. The maximum atomic E-state index is 9.76. The van der Waals surface area contributed by atoms with Crippen LogP contribution < -0.4 is 0 Å². The van der Waals surface area contributed by atoms with E-state index in [0.29, 0.717) is 11.1 Å². The van der Waals surface area contributed by atoms with Crippen molar-refractivity contribution < 1.29 is 0 Å². The highest BCUT2D eigenvalue weighted by Crippen LogP contribution is 2.45. The Hall–Kier alpha value is -3.56. The molecule has 3 nitrogen and oxygen atoms in total. The summed E-state index contributed by atoms with van der Waals surface area (Å²) in [5.74, 6) is 0. The normalized spacial score (nSPS) is 12.8. The van der Waals surface area contributed by atoms with Crippen LogP contribution in [0.4, 0.5) is 0 Å². The Morgan fingerprint density at radius 2 is 1.10 bits per heavy atom. The lowest BCUT2D eigenvalue weighted by atomic mass is 9.82. The van der Waals surface area contributed by atoms with Gasteiger partial charge in [-0.15, -0.1) is 0 Å². The Bertz CT molecular complexity index is 1490. The van der Waals surface area contributed by atoms with Crippen molar-refractivity contribution in [3.63, 3.8) is 0 Å². The first-order valence-electron chi connectivity index (χ1n) is 10.7. The molecule has 0 saturated heterocycles. The Kier molecular flexibility index (Phi) is 3.75. The summed E-state index contributed by atoms with van der Waals surface area (Å²) in [7, 11) is 0. The molecular formula is C28H25N3. The molecule has 0 unspecified atom stereocenters. The molecule has 5 rings (SSSR count). The average molecular weight is 404 g/mol. The highest BCUT2D eigenvalue weighted by atomic mass is 14.9. The zero-order valence-corrected chi connectivity index (χ0v) is 18.9. The minimum absolute atomic E-state index is 0.104. The Morgan fingerprint density at radius 1 is 0.677 bits per heavy atom. The predicted octanol–water partition coefficient (Wildman–Crippen LogP) is 7.18. The lowest BCUT2D eigenvalue weighted by molar-refractivity contribution is 0.596. The van der Waals surface area contributed by atoms with Gasteiger partial charge in [0.2, 0.25) is 0 Å². The average Bonchev–Trinajstić information content (AvgIpc) is 3.22. The molecule has 0 bridgehead atoms. The molecule has 0 spiro atoms. The highest BCUT2D eigenvalue weighted by molar-refractivity contribution is 6.25. The molecule has 0 fully saturated rings. The summed E-state index contributed by atoms with van der Waals surface area (Å²) >= 11 is 0. The molecule has 2 aromatic heterocycles. The number of rotatable bonds is 0. The standard InChI is InChI=1S/C28H25N3/c1-27(2,3)20-10-16(14-29)12-22-24(20)18-8-7-9-19-25-21(28(4,5)6)11-17(15-30)13-23(25)31(22)26(18)19/h7-13H,1-6H3. The van der Waals surface area contributed by atoms with Gasteiger partial charge in [-0.3, -0.25) is 0 Å². The van der Waals surface area contributed by atoms with Crippen LogP contribution in [0.15, 0.2) is 42.5 Å². The fourth-order valence-corrected chi connectivity index (χ4v) is 5.04. The van der Waals surface area contributed by atoms with Gasteiger partial charge in [-0.25, -0.2) is 0 Å². The van der Waals surface area contributed by atoms with E-state index in [1.807, 2.05) is 24.3 Å². The number of nitriles is 2. The first-order valence-corrected chi connectivity index (χ1v) is 10.7. The second kappa shape index (κ2) is 5.99. The summed E-state index contributed by atoms with van der Waals surface area (Å²) in [6.45, 7) is 13.2. The van der Waals surface area contributed by atoms with E-state index >= 15 is 0 Å². The van der Waals surface area contributed by atoms with E-state index in [4.69, 9.17) is 0 Å². The smallest absolute Gasteiger partial charge is 0.0992 e. The SMILES string of the molecule is CC(C)(C)c1cc(C#N)cc2c1c1cccc3c4c(C(C)(C)C)cc(C#N)cc4n2c13. The van der Waals surface area contributed by atoms with E-state index in [1.165, 1.54) is 38.2 Å². The lowest BCUT2D eigenvalue weighted by Gasteiger charge is -2.22. The van der Waals surface area contributed by atoms with Gasteiger partial charge in [0.15, 0.2) is 0 Å². The van der Waals surface area contributed by atoms with Gasteiger partial charge in [-0.1, -0.05) is 59.7 Å². The third-order valence-corrected chi connectivity index (χ3v) is 6.39. The quantitative estimate of drug-likeness (QED) is 0.275. The number of aromatic nitrogens is 1. The molecule has 5 aromatic rings. The van der Waals surface area contributed by atoms with Crippen LogP contribution in [-0.4, -0.2) is 4.40 Å². The Morgan fingerprint density at radius 3 is 1.45 bits per heavy atom. The van der Waals surface area contributed by atoms with Gasteiger partial charge < -0.3 is 4.40 Å². The monoisotopic (exact) mass is 403 g/mol. The van der Waals surface area contributed by atoms with E-state index in [0.717, 1.165) is 11.0 Å². The maximum Gasteiger partial charge on any atom is 0.0992 e. The summed E-state index contributed by atoms with van der Waals surface area (Å²) in [5.41, 5.74) is 6.74. The highest BCUT2D eigenvalue weighted by Gasteiger charge is 2.27. The Balaban J connectivity index is 2.16. The molecule has 0 N–H and O–H groups in total. The van der Waals surface area contributed by atoms with Gasteiger partial charge in [0, 0.05) is 21.5 Å². The molecule has 0 aliphatic heterocycles. The van der Waals surface area contributed by atoms with Gasteiger partial charge in [0.05, 0.1) is 39.8 Å². The van der Waals surface area contributed by atoms with Gasteiger partial charge in [-0.2, -0.15) is 10.5 Å². The van der Waals surface area contributed by atoms with Crippen LogP contribution in [0.3, 0.4) is 0 Å². The molecule has 2 heterocycles. The van der Waals surface area contributed by atoms with Crippen LogP contribution in [-0.2, 0) is 10.8 Å².